The van der Waals surface area contributed by atoms with Gasteiger partial charge in [0.25, 0.3) is 0 Å². The number of H-pyrrole nitrogens is 1. The lowest BCUT2D eigenvalue weighted by Crippen LogP contribution is -2.11. The minimum atomic E-state index is -0.627. The Morgan fingerprint density at radius 3 is 2.38 bits per heavy atom. The van der Waals surface area contributed by atoms with Crippen molar-refractivity contribution in [1.29, 1.82) is 0 Å². The number of hydrogen-bond acceptors (Lipinski definition) is 4. The molecular weight excluding hydrogens is 319 g/mol. The predicted molar refractivity (Wildman–Crippen MR) is 78.2 cm³/mol. The Labute approximate surface area is 129 Å². The van der Waals surface area contributed by atoms with Crippen molar-refractivity contribution in [1.82, 2.24) is 4.98 Å². The quantitative estimate of drug-likeness (QED) is 0.664. The lowest BCUT2D eigenvalue weighted by molar-refractivity contribution is 0.0729. The smallest absolute Gasteiger partial charge is 0.411 e. The zero-order valence-corrected chi connectivity index (χ0v) is 12.3. The van der Waals surface area contributed by atoms with Crippen molar-refractivity contribution in [2.24, 2.45) is 0 Å². The SMILES string of the molecule is COC(=O)Nc1ccc(OC(=O)c2cc(Cl)c(Cl)[nH]2)cc1. The highest BCUT2D eigenvalue weighted by Crippen LogP contribution is 2.23. The van der Waals surface area contributed by atoms with Crippen molar-refractivity contribution in [2.75, 3.05) is 12.4 Å². The van der Waals surface area contributed by atoms with E-state index in [1.165, 1.54) is 25.3 Å². The van der Waals surface area contributed by atoms with Crippen LogP contribution in [-0.4, -0.2) is 24.2 Å². The molecule has 0 unspecified atom stereocenters. The van der Waals surface area contributed by atoms with E-state index in [0.717, 1.165) is 0 Å². The summed E-state index contributed by atoms with van der Waals surface area (Å²) in [5.41, 5.74) is 0.648. The Morgan fingerprint density at radius 2 is 1.86 bits per heavy atom. The minimum Gasteiger partial charge on any atom is -0.453 e. The maximum atomic E-state index is 11.8. The van der Waals surface area contributed by atoms with Crippen LogP contribution in [0.5, 0.6) is 5.75 Å². The van der Waals surface area contributed by atoms with E-state index in [9.17, 15) is 9.59 Å². The highest BCUT2D eigenvalue weighted by atomic mass is 35.5. The highest BCUT2D eigenvalue weighted by molar-refractivity contribution is 6.41. The van der Waals surface area contributed by atoms with Crippen molar-refractivity contribution in [3.8, 4) is 5.75 Å². The number of carbonyl (C=O) groups is 2. The Kier molecular flexibility index (Phi) is 4.72. The van der Waals surface area contributed by atoms with Crippen LogP contribution in [0.25, 0.3) is 0 Å². The van der Waals surface area contributed by atoms with Gasteiger partial charge < -0.3 is 14.5 Å². The largest absolute Gasteiger partial charge is 0.453 e. The average molecular weight is 329 g/mol. The number of hydrogen-bond donors (Lipinski definition) is 2. The van der Waals surface area contributed by atoms with Gasteiger partial charge in [0.2, 0.25) is 0 Å². The number of benzene rings is 1. The number of carbonyl (C=O) groups excluding carboxylic acids is 2. The molecule has 0 aliphatic rings. The fraction of sp³-hybridized carbons (Fsp3) is 0.0769. The van der Waals surface area contributed by atoms with Crippen LogP contribution in [0.1, 0.15) is 10.5 Å². The van der Waals surface area contributed by atoms with E-state index in [4.69, 9.17) is 27.9 Å². The number of esters is 1. The summed E-state index contributed by atoms with van der Waals surface area (Å²) < 4.78 is 9.58. The number of halogens is 2. The van der Waals surface area contributed by atoms with E-state index in [1.807, 2.05) is 0 Å². The molecule has 0 spiro atoms. The predicted octanol–water partition coefficient (Wildman–Crippen LogP) is 3.72. The Hall–Kier alpha value is -2.18. The molecule has 0 saturated carbocycles. The highest BCUT2D eigenvalue weighted by Gasteiger charge is 2.14. The Balaban J connectivity index is 2.03. The van der Waals surface area contributed by atoms with Gasteiger partial charge in [0.05, 0.1) is 12.1 Å². The van der Waals surface area contributed by atoms with Gasteiger partial charge in [-0.25, -0.2) is 9.59 Å². The molecule has 1 heterocycles. The third-order valence-electron chi connectivity index (χ3n) is 2.44. The van der Waals surface area contributed by atoms with Crippen LogP contribution in [0.4, 0.5) is 10.5 Å². The first-order valence-electron chi connectivity index (χ1n) is 5.71. The van der Waals surface area contributed by atoms with Gasteiger partial charge in [-0.2, -0.15) is 0 Å². The monoisotopic (exact) mass is 328 g/mol. The molecule has 0 aliphatic heterocycles. The molecule has 2 aromatic rings. The molecule has 8 heteroatoms. The van der Waals surface area contributed by atoms with E-state index in [1.54, 1.807) is 12.1 Å². The van der Waals surface area contributed by atoms with Gasteiger partial charge in [0.15, 0.2) is 0 Å². The maximum absolute atomic E-state index is 11.8. The second-order valence-corrected chi connectivity index (χ2v) is 4.66. The van der Waals surface area contributed by atoms with Gasteiger partial charge in [-0.05, 0) is 30.3 Å². The fourth-order valence-corrected chi connectivity index (χ4v) is 1.76. The molecular formula is C13H10Cl2N2O4. The lowest BCUT2D eigenvalue weighted by Gasteiger charge is -2.05. The summed E-state index contributed by atoms with van der Waals surface area (Å²) in [6.45, 7) is 0. The zero-order chi connectivity index (χ0) is 15.4. The number of methoxy groups -OCH3 is 1. The molecule has 0 bridgehead atoms. The standard InChI is InChI=1S/C13H10Cl2N2O4/c1-20-13(19)16-7-2-4-8(5-3-7)21-12(18)10-6-9(14)11(15)17-10/h2-6,17H,1H3,(H,16,19). The third-order valence-corrected chi connectivity index (χ3v) is 3.13. The molecule has 1 amide bonds. The third kappa shape index (κ3) is 3.90. The summed E-state index contributed by atoms with van der Waals surface area (Å²) in [6, 6.07) is 7.55. The van der Waals surface area contributed by atoms with Crippen LogP contribution in [0.15, 0.2) is 30.3 Å². The molecule has 6 nitrogen and oxygen atoms in total. The Bertz CT molecular complexity index is 648. The first-order valence-corrected chi connectivity index (χ1v) is 6.46. The average Bonchev–Trinajstić information content (AvgIpc) is 2.81. The van der Waals surface area contributed by atoms with E-state index in [0.29, 0.717) is 11.4 Å². The van der Waals surface area contributed by atoms with Crippen LogP contribution in [-0.2, 0) is 4.74 Å². The van der Waals surface area contributed by atoms with E-state index in [2.05, 4.69) is 15.0 Å². The summed E-state index contributed by atoms with van der Waals surface area (Å²) in [7, 11) is 1.26. The van der Waals surface area contributed by atoms with Crippen molar-refractivity contribution < 1.29 is 19.1 Å². The van der Waals surface area contributed by atoms with Crippen LogP contribution in [0.3, 0.4) is 0 Å². The minimum absolute atomic E-state index is 0.141. The molecule has 1 aromatic heterocycles. The van der Waals surface area contributed by atoms with Gasteiger partial charge in [0.1, 0.15) is 16.6 Å². The summed E-state index contributed by atoms with van der Waals surface area (Å²) in [5.74, 6) is -0.324. The van der Waals surface area contributed by atoms with Gasteiger partial charge >= 0.3 is 12.1 Å². The molecule has 2 rings (SSSR count). The maximum Gasteiger partial charge on any atom is 0.411 e. The van der Waals surface area contributed by atoms with Crippen LogP contribution >= 0.6 is 23.2 Å². The fourth-order valence-electron chi connectivity index (χ4n) is 1.45. The zero-order valence-electron chi connectivity index (χ0n) is 10.8. The van der Waals surface area contributed by atoms with Gasteiger partial charge in [-0.3, -0.25) is 5.32 Å². The molecule has 2 N–H and O–H groups in total. The lowest BCUT2D eigenvalue weighted by atomic mass is 10.3. The number of aromatic amines is 1. The van der Waals surface area contributed by atoms with E-state index < -0.39 is 12.1 Å². The summed E-state index contributed by atoms with van der Waals surface area (Å²) in [6.07, 6.45) is -0.588. The Morgan fingerprint density at radius 1 is 1.19 bits per heavy atom. The number of nitrogens with one attached hydrogen (secondary N) is 2. The van der Waals surface area contributed by atoms with Crippen LogP contribution in [0.2, 0.25) is 10.2 Å². The van der Waals surface area contributed by atoms with E-state index in [-0.39, 0.29) is 15.9 Å². The number of ether oxygens (including phenoxy) is 2. The van der Waals surface area contributed by atoms with Crippen molar-refractivity contribution in [3.63, 3.8) is 0 Å². The second kappa shape index (κ2) is 6.51. The molecule has 0 atom stereocenters. The molecule has 0 saturated heterocycles. The number of amides is 1. The van der Waals surface area contributed by atoms with Crippen LogP contribution < -0.4 is 10.1 Å². The molecule has 0 fully saturated rings. The van der Waals surface area contributed by atoms with Crippen molar-refractivity contribution in [2.45, 2.75) is 0 Å². The topological polar surface area (TPSA) is 80.4 Å². The molecule has 0 radical (unpaired) electrons. The van der Waals surface area contributed by atoms with Gasteiger partial charge in [0, 0.05) is 5.69 Å². The summed E-state index contributed by atoms with van der Waals surface area (Å²) in [5, 5.41) is 2.88. The summed E-state index contributed by atoms with van der Waals surface area (Å²) in [4.78, 5) is 25.4. The molecule has 110 valence electrons. The number of anilines is 1. The van der Waals surface area contributed by atoms with Crippen molar-refractivity contribution in [3.05, 3.63) is 46.2 Å². The molecule has 0 aliphatic carbocycles. The van der Waals surface area contributed by atoms with Crippen LogP contribution in [0, 0.1) is 0 Å². The molecule has 21 heavy (non-hydrogen) atoms. The first kappa shape index (κ1) is 15.2. The second-order valence-electron chi connectivity index (χ2n) is 3.88. The van der Waals surface area contributed by atoms with E-state index >= 15 is 0 Å². The van der Waals surface area contributed by atoms with Gasteiger partial charge in [-0.15, -0.1) is 0 Å². The first-order chi connectivity index (χ1) is 9.99. The van der Waals surface area contributed by atoms with Crippen molar-refractivity contribution >= 4 is 41.0 Å². The number of aromatic nitrogens is 1. The normalized spacial score (nSPS) is 10.0. The number of rotatable bonds is 3. The summed E-state index contributed by atoms with van der Waals surface area (Å²) >= 11 is 11.4. The molecule has 1 aromatic carbocycles. The van der Waals surface area contributed by atoms with Gasteiger partial charge in [-0.1, -0.05) is 23.2 Å².